The smallest absolute Gasteiger partial charge is 0.313 e. The van der Waals surface area contributed by atoms with Gasteiger partial charge < -0.3 is 9.84 Å². The van der Waals surface area contributed by atoms with E-state index in [1.165, 1.54) is 7.11 Å². The molecule has 2 N–H and O–H groups in total. The standard InChI is InChI=1S/C14H21NO5S/c1-10(20-4)9-21(18,19)15-12-7-5-11(6-8-12)14(2,3)13(16)17/h5-8,10,15H,9H2,1-4H3,(H,16,17). The van der Waals surface area contributed by atoms with Gasteiger partial charge in [-0.05, 0) is 38.5 Å². The molecule has 21 heavy (non-hydrogen) atoms. The van der Waals surface area contributed by atoms with Gasteiger partial charge in [-0.25, -0.2) is 8.42 Å². The van der Waals surface area contributed by atoms with Crippen LogP contribution in [0, 0.1) is 0 Å². The fourth-order valence-electron chi connectivity index (χ4n) is 1.68. The number of carboxylic acids is 1. The largest absolute Gasteiger partial charge is 0.481 e. The predicted molar refractivity (Wildman–Crippen MR) is 81.0 cm³/mol. The van der Waals surface area contributed by atoms with Crippen molar-refractivity contribution in [2.24, 2.45) is 0 Å². The van der Waals surface area contributed by atoms with Gasteiger partial charge in [0.15, 0.2) is 0 Å². The van der Waals surface area contributed by atoms with Gasteiger partial charge in [-0.3, -0.25) is 9.52 Å². The first-order valence-electron chi connectivity index (χ1n) is 6.45. The van der Waals surface area contributed by atoms with Crippen molar-refractivity contribution in [3.05, 3.63) is 29.8 Å². The van der Waals surface area contributed by atoms with Gasteiger partial charge in [0.05, 0.1) is 17.3 Å². The first kappa shape index (κ1) is 17.5. The van der Waals surface area contributed by atoms with E-state index in [2.05, 4.69) is 4.72 Å². The molecule has 0 fully saturated rings. The number of methoxy groups -OCH3 is 1. The van der Waals surface area contributed by atoms with E-state index in [-0.39, 0.29) is 5.75 Å². The van der Waals surface area contributed by atoms with Gasteiger partial charge in [0.25, 0.3) is 0 Å². The number of sulfonamides is 1. The van der Waals surface area contributed by atoms with E-state index in [4.69, 9.17) is 9.84 Å². The fourth-order valence-corrected chi connectivity index (χ4v) is 3.01. The molecule has 0 bridgehead atoms. The minimum Gasteiger partial charge on any atom is -0.481 e. The highest BCUT2D eigenvalue weighted by atomic mass is 32.2. The van der Waals surface area contributed by atoms with Crippen LogP contribution in [0.5, 0.6) is 0 Å². The summed E-state index contributed by atoms with van der Waals surface area (Å²) in [5.41, 5.74) is -0.0337. The number of carboxylic acid groups (broad SMARTS) is 1. The van der Waals surface area contributed by atoms with Crippen LogP contribution in [0.15, 0.2) is 24.3 Å². The number of hydrogen-bond acceptors (Lipinski definition) is 4. The summed E-state index contributed by atoms with van der Waals surface area (Å²) in [5.74, 6) is -1.09. The quantitative estimate of drug-likeness (QED) is 0.800. The van der Waals surface area contributed by atoms with E-state index >= 15 is 0 Å². The van der Waals surface area contributed by atoms with Gasteiger partial charge in [-0.2, -0.15) is 0 Å². The molecule has 6 nitrogen and oxygen atoms in total. The number of ether oxygens (including phenoxy) is 1. The van der Waals surface area contributed by atoms with Crippen molar-refractivity contribution in [1.29, 1.82) is 0 Å². The lowest BCUT2D eigenvalue weighted by Crippen LogP contribution is -2.28. The molecule has 0 aliphatic heterocycles. The Morgan fingerprint density at radius 3 is 2.29 bits per heavy atom. The fraction of sp³-hybridized carbons (Fsp3) is 0.500. The second kappa shape index (κ2) is 6.44. The molecule has 7 heteroatoms. The topological polar surface area (TPSA) is 92.7 Å². The van der Waals surface area contributed by atoms with Crippen molar-refractivity contribution in [1.82, 2.24) is 0 Å². The van der Waals surface area contributed by atoms with Crippen molar-refractivity contribution in [3.8, 4) is 0 Å². The molecular weight excluding hydrogens is 294 g/mol. The molecule has 1 aromatic carbocycles. The zero-order chi connectivity index (χ0) is 16.3. The maximum atomic E-state index is 11.9. The summed E-state index contributed by atoms with van der Waals surface area (Å²) in [6.45, 7) is 4.85. The number of rotatable bonds is 7. The summed E-state index contributed by atoms with van der Waals surface area (Å²) in [4.78, 5) is 11.2. The number of nitrogens with one attached hydrogen (secondary N) is 1. The third kappa shape index (κ3) is 4.71. The molecule has 118 valence electrons. The Balaban J connectivity index is 2.87. The molecule has 1 atom stereocenters. The molecule has 0 aromatic heterocycles. The SMILES string of the molecule is COC(C)CS(=O)(=O)Nc1ccc(C(C)(C)C(=O)O)cc1. The molecule has 0 spiro atoms. The maximum Gasteiger partial charge on any atom is 0.313 e. The Bertz CT molecular complexity index is 592. The molecule has 1 unspecified atom stereocenters. The molecule has 0 aliphatic carbocycles. The minimum atomic E-state index is -3.50. The highest BCUT2D eigenvalue weighted by molar-refractivity contribution is 7.92. The molecular formula is C14H21NO5S. The molecule has 0 saturated carbocycles. The molecule has 0 amide bonds. The Morgan fingerprint density at radius 1 is 1.33 bits per heavy atom. The van der Waals surface area contributed by atoms with Crippen LogP contribution >= 0.6 is 0 Å². The third-order valence-electron chi connectivity index (χ3n) is 3.27. The van der Waals surface area contributed by atoms with Crippen molar-refractivity contribution in [2.45, 2.75) is 32.3 Å². The van der Waals surface area contributed by atoms with E-state index in [0.717, 1.165) is 0 Å². The van der Waals surface area contributed by atoms with Crippen LogP contribution in [0.25, 0.3) is 0 Å². The first-order valence-corrected chi connectivity index (χ1v) is 8.11. The Kier molecular flexibility index (Phi) is 5.36. The average molecular weight is 315 g/mol. The third-order valence-corrected chi connectivity index (χ3v) is 4.73. The summed E-state index contributed by atoms with van der Waals surface area (Å²) in [6, 6.07) is 6.31. The van der Waals surface area contributed by atoms with Gasteiger partial charge in [0.1, 0.15) is 0 Å². The van der Waals surface area contributed by atoms with Crippen LogP contribution in [-0.4, -0.2) is 38.5 Å². The van der Waals surface area contributed by atoms with E-state index in [1.807, 2.05) is 0 Å². The van der Waals surface area contributed by atoms with Gasteiger partial charge >= 0.3 is 5.97 Å². The summed E-state index contributed by atoms with van der Waals surface area (Å²) in [6.07, 6.45) is -0.410. The lowest BCUT2D eigenvalue weighted by molar-refractivity contribution is -0.142. The van der Waals surface area contributed by atoms with Crippen LogP contribution in [0.2, 0.25) is 0 Å². The monoisotopic (exact) mass is 315 g/mol. The van der Waals surface area contributed by atoms with Gasteiger partial charge in [-0.1, -0.05) is 12.1 Å². The van der Waals surface area contributed by atoms with Crippen molar-refractivity contribution >= 4 is 21.7 Å². The highest BCUT2D eigenvalue weighted by Crippen LogP contribution is 2.25. The molecule has 0 heterocycles. The maximum absolute atomic E-state index is 11.9. The molecule has 1 aromatic rings. The lowest BCUT2D eigenvalue weighted by Gasteiger charge is -2.20. The summed E-state index contributed by atoms with van der Waals surface area (Å²) >= 11 is 0. The Labute approximate surface area is 125 Å². The van der Waals surface area contributed by atoms with Crippen molar-refractivity contribution in [2.75, 3.05) is 17.6 Å². The number of anilines is 1. The zero-order valence-corrected chi connectivity index (χ0v) is 13.4. The summed E-state index contributed by atoms with van der Waals surface area (Å²) in [7, 11) is -2.05. The summed E-state index contributed by atoms with van der Waals surface area (Å²) in [5, 5.41) is 9.15. The second-order valence-electron chi connectivity index (χ2n) is 5.44. The molecule has 0 saturated heterocycles. The number of aliphatic carboxylic acids is 1. The molecule has 0 radical (unpaired) electrons. The molecule has 0 aliphatic rings. The predicted octanol–water partition coefficient (Wildman–Crippen LogP) is 1.83. The first-order chi connectivity index (χ1) is 9.58. The van der Waals surface area contributed by atoms with E-state index in [1.54, 1.807) is 45.0 Å². The van der Waals surface area contributed by atoms with Gasteiger partial charge in [0.2, 0.25) is 10.0 Å². The van der Waals surface area contributed by atoms with Crippen LogP contribution in [0.3, 0.4) is 0 Å². The Morgan fingerprint density at radius 2 is 1.86 bits per heavy atom. The number of benzene rings is 1. The van der Waals surface area contributed by atoms with Crippen LogP contribution in [-0.2, 0) is 25.0 Å². The minimum absolute atomic E-state index is 0.147. The normalized spacial score (nSPS) is 13.7. The summed E-state index contributed by atoms with van der Waals surface area (Å²) < 4.78 is 31.1. The lowest BCUT2D eigenvalue weighted by atomic mass is 9.85. The van der Waals surface area contributed by atoms with Crippen LogP contribution < -0.4 is 4.72 Å². The zero-order valence-electron chi connectivity index (χ0n) is 12.6. The van der Waals surface area contributed by atoms with Crippen LogP contribution in [0.4, 0.5) is 5.69 Å². The van der Waals surface area contributed by atoms with E-state index in [0.29, 0.717) is 11.3 Å². The Hall–Kier alpha value is -1.60. The number of hydrogen-bond donors (Lipinski definition) is 2. The van der Waals surface area contributed by atoms with Crippen molar-refractivity contribution in [3.63, 3.8) is 0 Å². The van der Waals surface area contributed by atoms with E-state index < -0.39 is 27.5 Å². The second-order valence-corrected chi connectivity index (χ2v) is 7.20. The van der Waals surface area contributed by atoms with Crippen LogP contribution in [0.1, 0.15) is 26.3 Å². The molecule has 1 rings (SSSR count). The highest BCUT2D eigenvalue weighted by Gasteiger charge is 2.29. The van der Waals surface area contributed by atoms with Gasteiger partial charge in [0, 0.05) is 12.8 Å². The van der Waals surface area contributed by atoms with E-state index in [9.17, 15) is 13.2 Å². The average Bonchev–Trinajstić information content (AvgIpc) is 2.37. The number of carbonyl (C=O) groups is 1. The van der Waals surface area contributed by atoms with Gasteiger partial charge in [-0.15, -0.1) is 0 Å². The van der Waals surface area contributed by atoms with Crippen molar-refractivity contribution < 1.29 is 23.1 Å².